The van der Waals surface area contributed by atoms with Gasteiger partial charge in [0.1, 0.15) is 0 Å². The summed E-state index contributed by atoms with van der Waals surface area (Å²) < 4.78 is 0.932. The van der Waals surface area contributed by atoms with Crippen LogP contribution in [0.15, 0.2) is 36.5 Å². The maximum atomic E-state index is 12.3. The van der Waals surface area contributed by atoms with Crippen LogP contribution in [-0.2, 0) is 0 Å². The van der Waals surface area contributed by atoms with Gasteiger partial charge in [-0.25, -0.2) is 0 Å². The standard InChI is InChI=1S/C19H30NO/c1-5-13-20(14-6-2,15-7-3)16-12-19(21)18-10-8-17(4)9-11-18/h8-12,16H,5-7,13-15H2,1-4H3/q+1. The molecule has 0 saturated heterocycles. The number of hydrogen-bond acceptors (Lipinski definition) is 1. The van der Waals surface area contributed by atoms with Crippen molar-refractivity contribution in [2.24, 2.45) is 0 Å². The van der Waals surface area contributed by atoms with E-state index < -0.39 is 0 Å². The fourth-order valence-electron chi connectivity index (χ4n) is 2.93. The van der Waals surface area contributed by atoms with E-state index in [-0.39, 0.29) is 5.78 Å². The minimum absolute atomic E-state index is 0.112. The topological polar surface area (TPSA) is 17.1 Å². The molecule has 116 valence electrons. The van der Waals surface area contributed by atoms with Gasteiger partial charge in [-0.15, -0.1) is 0 Å². The predicted octanol–water partition coefficient (Wildman–Crippen LogP) is 4.74. The van der Waals surface area contributed by atoms with Crippen molar-refractivity contribution in [3.63, 3.8) is 0 Å². The number of nitrogens with zero attached hydrogens (tertiary/aromatic N) is 1. The molecule has 0 fully saturated rings. The third-order valence-corrected chi connectivity index (χ3v) is 3.89. The van der Waals surface area contributed by atoms with Gasteiger partial charge >= 0.3 is 0 Å². The van der Waals surface area contributed by atoms with Gasteiger partial charge in [0.05, 0.1) is 25.8 Å². The molecule has 2 heteroatoms. The predicted molar refractivity (Wildman–Crippen MR) is 90.4 cm³/mol. The molecule has 0 aromatic heterocycles. The van der Waals surface area contributed by atoms with Crippen LogP contribution >= 0.6 is 0 Å². The number of hydrogen-bond donors (Lipinski definition) is 0. The largest absolute Gasteiger partial charge is 0.297 e. The zero-order chi connectivity index (χ0) is 15.7. The molecule has 0 aliphatic carbocycles. The summed E-state index contributed by atoms with van der Waals surface area (Å²) >= 11 is 0. The van der Waals surface area contributed by atoms with Crippen molar-refractivity contribution in [1.82, 2.24) is 0 Å². The average molecular weight is 288 g/mol. The molecule has 0 aliphatic heterocycles. The molecule has 0 amide bonds. The summed E-state index contributed by atoms with van der Waals surface area (Å²) in [4.78, 5) is 12.3. The Hall–Kier alpha value is -1.41. The highest BCUT2D eigenvalue weighted by molar-refractivity contribution is 6.04. The van der Waals surface area contributed by atoms with Crippen molar-refractivity contribution in [2.45, 2.75) is 47.0 Å². The van der Waals surface area contributed by atoms with E-state index in [0.29, 0.717) is 0 Å². The average Bonchev–Trinajstić information content (AvgIpc) is 2.46. The lowest BCUT2D eigenvalue weighted by molar-refractivity contribution is -0.879. The second kappa shape index (κ2) is 8.78. The zero-order valence-corrected chi connectivity index (χ0v) is 14.1. The fraction of sp³-hybridized carbons (Fsp3) is 0.526. The van der Waals surface area contributed by atoms with Crippen molar-refractivity contribution in [1.29, 1.82) is 0 Å². The molecule has 0 N–H and O–H groups in total. The molecule has 21 heavy (non-hydrogen) atoms. The Balaban J connectivity index is 2.89. The van der Waals surface area contributed by atoms with E-state index in [1.54, 1.807) is 6.08 Å². The summed E-state index contributed by atoms with van der Waals surface area (Å²) in [5.41, 5.74) is 1.96. The van der Waals surface area contributed by atoms with Crippen molar-refractivity contribution in [3.05, 3.63) is 47.7 Å². The van der Waals surface area contributed by atoms with Gasteiger partial charge in [-0.1, -0.05) is 50.6 Å². The minimum Gasteiger partial charge on any atom is -0.297 e. The Morgan fingerprint density at radius 1 is 0.952 bits per heavy atom. The molecule has 1 aromatic carbocycles. The number of allylic oxidation sites excluding steroid dienone is 1. The summed E-state index contributed by atoms with van der Waals surface area (Å²) in [7, 11) is 0. The van der Waals surface area contributed by atoms with Crippen LogP contribution in [0.5, 0.6) is 0 Å². The molecule has 1 aromatic rings. The van der Waals surface area contributed by atoms with Crippen LogP contribution in [0.25, 0.3) is 0 Å². The van der Waals surface area contributed by atoms with E-state index in [2.05, 4.69) is 27.0 Å². The molecule has 0 unspecified atom stereocenters. The highest BCUT2D eigenvalue weighted by atomic mass is 16.1. The van der Waals surface area contributed by atoms with E-state index in [0.717, 1.165) is 48.9 Å². The third kappa shape index (κ3) is 5.47. The molecule has 0 radical (unpaired) electrons. The number of aryl methyl sites for hydroxylation is 1. The lowest BCUT2D eigenvalue weighted by Gasteiger charge is -2.34. The molecule has 0 saturated carbocycles. The Morgan fingerprint density at radius 2 is 1.43 bits per heavy atom. The number of quaternary nitrogens is 1. The number of ketones is 1. The van der Waals surface area contributed by atoms with E-state index in [4.69, 9.17) is 0 Å². The SMILES string of the molecule is CCC[N+](C=CC(=O)c1ccc(C)cc1)(CCC)CCC. The summed E-state index contributed by atoms with van der Waals surface area (Å²) in [5.74, 6) is 0.112. The van der Waals surface area contributed by atoms with Crippen LogP contribution < -0.4 is 0 Å². The first-order valence-electron chi connectivity index (χ1n) is 8.23. The van der Waals surface area contributed by atoms with Gasteiger partial charge in [-0.2, -0.15) is 0 Å². The molecule has 1 rings (SSSR count). The summed E-state index contributed by atoms with van der Waals surface area (Å²) in [6.07, 6.45) is 7.35. The maximum Gasteiger partial charge on any atom is 0.191 e. The van der Waals surface area contributed by atoms with Gasteiger partial charge in [-0.3, -0.25) is 9.28 Å². The second-order valence-electron chi connectivity index (χ2n) is 5.94. The van der Waals surface area contributed by atoms with E-state index in [9.17, 15) is 4.79 Å². The highest BCUT2D eigenvalue weighted by Crippen LogP contribution is 2.14. The summed E-state index contributed by atoms with van der Waals surface area (Å²) in [5, 5.41) is 0. The van der Waals surface area contributed by atoms with E-state index in [1.807, 2.05) is 31.2 Å². The molecule has 0 aliphatic rings. The fourth-order valence-corrected chi connectivity index (χ4v) is 2.93. The lowest BCUT2D eigenvalue weighted by atomic mass is 10.1. The van der Waals surface area contributed by atoms with Crippen LogP contribution in [0.4, 0.5) is 0 Å². The first-order chi connectivity index (χ1) is 10.1. The van der Waals surface area contributed by atoms with Gasteiger partial charge < -0.3 is 0 Å². The number of carbonyl (C=O) groups is 1. The van der Waals surface area contributed by atoms with Crippen molar-refractivity contribution in [3.8, 4) is 0 Å². The number of benzene rings is 1. The van der Waals surface area contributed by atoms with Crippen LogP contribution in [0.1, 0.15) is 56.0 Å². The quantitative estimate of drug-likeness (QED) is 0.364. The lowest BCUT2D eigenvalue weighted by Crippen LogP contribution is -2.44. The van der Waals surface area contributed by atoms with E-state index >= 15 is 0 Å². The number of rotatable bonds is 9. The first kappa shape index (κ1) is 17.6. The Morgan fingerprint density at radius 3 is 1.86 bits per heavy atom. The van der Waals surface area contributed by atoms with Gasteiger partial charge in [0, 0.05) is 11.6 Å². The second-order valence-corrected chi connectivity index (χ2v) is 5.94. The molecule has 0 spiro atoms. The molecular weight excluding hydrogens is 258 g/mol. The van der Waals surface area contributed by atoms with E-state index in [1.165, 1.54) is 5.56 Å². The Labute approximate surface area is 130 Å². The number of carbonyl (C=O) groups excluding carboxylic acids is 1. The Kier molecular flexibility index (Phi) is 7.38. The summed E-state index contributed by atoms with van der Waals surface area (Å²) in [6.45, 7) is 12.0. The Bertz CT molecular complexity index is 442. The van der Waals surface area contributed by atoms with Gasteiger partial charge in [0.15, 0.2) is 5.78 Å². The minimum atomic E-state index is 0.112. The smallest absolute Gasteiger partial charge is 0.191 e. The first-order valence-corrected chi connectivity index (χ1v) is 8.23. The highest BCUT2D eigenvalue weighted by Gasteiger charge is 2.22. The monoisotopic (exact) mass is 288 g/mol. The summed E-state index contributed by atoms with van der Waals surface area (Å²) in [6, 6.07) is 7.81. The molecule has 2 nitrogen and oxygen atoms in total. The molecule has 0 heterocycles. The molecular formula is C19H30NO+. The van der Waals surface area contributed by atoms with Crippen LogP contribution in [0, 0.1) is 6.92 Å². The van der Waals surface area contributed by atoms with Gasteiger partial charge in [0.25, 0.3) is 0 Å². The van der Waals surface area contributed by atoms with Crippen molar-refractivity contribution < 1.29 is 9.28 Å². The van der Waals surface area contributed by atoms with Gasteiger partial charge in [0.2, 0.25) is 0 Å². The zero-order valence-electron chi connectivity index (χ0n) is 14.1. The van der Waals surface area contributed by atoms with Crippen LogP contribution in [0.3, 0.4) is 0 Å². The molecule has 0 bridgehead atoms. The van der Waals surface area contributed by atoms with Crippen LogP contribution in [-0.4, -0.2) is 29.9 Å². The normalized spacial score (nSPS) is 12.0. The van der Waals surface area contributed by atoms with Crippen molar-refractivity contribution >= 4 is 5.78 Å². The van der Waals surface area contributed by atoms with Crippen molar-refractivity contribution in [2.75, 3.05) is 19.6 Å². The molecule has 0 atom stereocenters. The van der Waals surface area contributed by atoms with Crippen LogP contribution in [0.2, 0.25) is 0 Å². The third-order valence-electron chi connectivity index (χ3n) is 3.89. The van der Waals surface area contributed by atoms with Gasteiger partial charge in [-0.05, 0) is 26.2 Å². The maximum absolute atomic E-state index is 12.3.